The summed E-state index contributed by atoms with van der Waals surface area (Å²) in [5.74, 6) is 0.764. The van der Waals surface area contributed by atoms with Crippen LogP contribution in [0, 0.1) is 13.8 Å². The number of nitrogens with two attached hydrogens (primary N) is 1. The molecule has 5 heteroatoms. The average molecular weight is 258 g/mol. The molecule has 92 valence electrons. The Morgan fingerprint density at radius 2 is 2.11 bits per heavy atom. The predicted molar refractivity (Wildman–Crippen MR) is 73.7 cm³/mol. The van der Waals surface area contributed by atoms with E-state index in [9.17, 15) is 0 Å². The van der Waals surface area contributed by atoms with Crippen LogP contribution in [0.3, 0.4) is 0 Å². The molecule has 0 amide bonds. The summed E-state index contributed by atoms with van der Waals surface area (Å²) in [6.07, 6.45) is 0. The molecule has 0 fully saturated rings. The van der Waals surface area contributed by atoms with E-state index in [1.165, 1.54) is 11.1 Å². The van der Waals surface area contributed by atoms with Crippen LogP contribution < -0.4 is 5.73 Å². The molecule has 0 saturated heterocycles. The molecule has 2 N–H and O–H groups in total. The lowest BCUT2D eigenvalue weighted by Crippen LogP contribution is -2.01. The zero-order chi connectivity index (χ0) is 12.7. The first-order valence-electron chi connectivity index (χ1n) is 5.80. The number of benzene rings is 1. The number of nitrogens with zero attached hydrogens (tertiary/aromatic N) is 3. The van der Waals surface area contributed by atoms with Gasteiger partial charge in [0.2, 0.25) is 4.96 Å². The topological polar surface area (TPSA) is 56.2 Å². The number of aromatic nitrogens is 3. The van der Waals surface area contributed by atoms with Gasteiger partial charge in [0.05, 0.1) is 5.69 Å². The van der Waals surface area contributed by atoms with Crippen molar-refractivity contribution >= 4 is 16.3 Å². The number of fused-ring (bicyclic) bond motifs is 1. The Kier molecular flexibility index (Phi) is 2.65. The van der Waals surface area contributed by atoms with Gasteiger partial charge in [-0.3, -0.25) is 0 Å². The highest BCUT2D eigenvalue weighted by Crippen LogP contribution is 2.22. The summed E-state index contributed by atoms with van der Waals surface area (Å²) in [6, 6.07) is 6.28. The zero-order valence-corrected chi connectivity index (χ0v) is 11.2. The van der Waals surface area contributed by atoms with Crippen LogP contribution >= 0.6 is 11.3 Å². The van der Waals surface area contributed by atoms with E-state index >= 15 is 0 Å². The van der Waals surface area contributed by atoms with Crippen molar-refractivity contribution in [2.24, 2.45) is 5.73 Å². The molecule has 0 saturated carbocycles. The van der Waals surface area contributed by atoms with Gasteiger partial charge in [0.25, 0.3) is 0 Å². The van der Waals surface area contributed by atoms with Gasteiger partial charge >= 0.3 is 0 Å². The molecule has 0 aliphatic heterocycles. The third kappa shape index (κ3) is 1.72. The lowest BCUT2D eigenvalue weighted by atomic mass is 10.1. The van der Waals surface area contributed by atoms with Gasteiger partial charge in [-0.05, 0) is 31.0 Å². The van der Waals surface area contributed by atoms with Crippen molar-refractivity contribution in [1.29, 1.82) is 0 Å². The maximum atomic E-state index is 5.67. The zero-order valence-electron chi connectivity index (χ0n) is 10.3. The summed E-state index contributed by atoms with van der Waals surface area (Å²) in [4.78, 5) is 5.43. The number of aryl methyl sites for hydroxylation is 2. The Balaban J connectivity index is 2.13. The molecular weight excluding hydrogens is 244 g/mol. The highest BCUT2D eigenvalue weighted by atomic mass is 32.1. The van der Waals surface area contributed by atoms with Gasteiger partial charge in [0.1, 0.15) is 0 Å². The fourth-order valence-corrected chi connectivity index (χ4v) is 2.70. The van der Waals surface area contributed by atoms with Crippen LogP contribution in [0.4, 0.5) is 0 Å². The monoisotopic (exact) mass is 258 g/mol. The Bertz CT molecular complexity index is 711. The minimum Gasteiger partial charge on any atom is -0.325 e. The normalized spacial score (nSPS) is 11.3. The lowest BCUT2D eigenvalue weighted by Gasteiger charge is -2.01. The van der Waals surface area contributed by atoms with Crippen molar-refractivity contribution in [2.75, 3.05) is 0 Å². The van der Waals surface area contributed by atoms with E-state index in [-0.39, 0.29) is 0 Å². The maximum absolute atomic E-state index is 5.67. The molecule has 0 aliphatic rings. The van der Waals surface area contributed by atoms with Crippen molar-refractivity contribution in [3.63, 3.8) is 0 Å². The van der Waals surface area contributed by atoms with Gasteiger partial charge in [0, 0.05) is 17.5 Å². The molecule has 0 aliphatic carbocycles. The van der Waals surface area contributed by atoms with Crippen LogP contribution in [0.2, 0.25) is 0 Å². The fraction of sp³-hybridized carbons (Fsp3) is 0.231. The molecule has 0 radical (unpaired) electrons. The third-order valence-electron chi connectivity index (χ3n) is 3.12. The van der Waals surface area contributed by atoms with E-state index in [1.807, 2.05) is 9.90 Å². The minimum atomic E-state index is 0.482. The van der Waals surface area contributed by atoms with Gasteiger partial charge in [0.15, 0.2) is 5.82 Å². The van der Waals surface area contributed by atoms with Crippen LogP contribution in [-0.4, -0.2) is 14.6 Å². The van der Waals surface area contributed by atoms with Crippen LogP contribution in [0.5, 0.6) is 0 Å². The SMILES string of the molecule is Cc1ccc(-c2nc3scc(CN)n3n2)cc1C. The minimum absolute atomic E-state index is 0.482. The quantitative estimate of drug-likeness (QED) is 0.768. The van der Waals surface area contributed by atoms with Gasteiger partial charge < -0.3 is 5.73 Å². The summed E-state index contributed by atoms with van der Waals surface area (Å²) in [5.41, 5.74) is 10.3. The van der Waals surface area contributed by atoms with E-state index in [0.29, 0.717) is 6.54 Å². The lowest BCUT2D eigenvalue weighted by molar-refractivity contribution is 0.868. The van der Waals surface area contributed by atoms with Crippen molar-refractivity contribution < 1.29 is 0 Å². The summed E-state index contributed by atoms with van der Waals surface area (Å²) in [7, 11) is 0. The highest BCUT2D eigenvalue weighted by Gasteiger charge is 2.10. The molecule has 0 unspecified atom stereocenters. The molecule has 2 heterocycles. The summed E-state index contributed by atoms with van der Waals surface area (Å²) in [5, 5.41) is 6.52. The first kappa shape index (κ1) is 11.4. The maximum Gasteiger partial charge on any atom is 0.212 e. The first-order valence-corrected chi connectivity index (χ1v) is 6.68. The number of thiazole rings is 1. The number of hydrogen-bond donors (Lipinski definition) is 1. The molecule has 3 rings (SSSR count). The van der Waals surface area contributed by atoms with Crippen LogP contribution in [0.1, 0.15) is 16.8 Å². The number of hydrogen-bond acceptors (Lipinski definition) is 4. The second-order valence-corrected chi connectivity index (χ2v) is 5.20. The molecule has 2 aromatic heterocycles. The molecular formula is C13H14N4S. The highest BCUT2D eigenvalue weighted by molar-refractivity contribution is 7.15. The molecule has 18 heavy (non-hydrogen) atoms. The Morgan fingerprint density at radius 3 is 2.83 bits per heavy atom. The summed E-state index contributed by atoms with van der Waals surface area (Å²) >= 11 is 1.57. The molecule has 1 aromatic carbocycles. The van der Waals surface area contributed by atoms with E-state index < -0.39 is 0 Å². The van der Waals surface area contributed by atoms with Gasteiger partial charge in [-0.15, -0.1) is 16.4 Å². The largest absolute Gasteiger partial charge is 0.325 e. The molecule has 4 nitrogen and oxygen atoms in total. The standard InChI is InChI=1S/C13H14N4S/c1-8-3-4-10(5-9(8)2)12-15-13-17(16-12)11(6-14)7-18-13/h3-5,7H,6,14H2,1-2H3. The summed E-state index contributed by atoms with van der Waals surface area (Å²) in [6.45, 7) is 4.68. The molecule has 0 atom stereocenters. The molecule has 0 spiro atoms. The second-order valence-electron chi connectivity index (χ2n) is 4.36. The van der Waals surface area contributed by atoms with E-state index in [1.54, 1.807) is 11.3 Å². The average Bonchev–Trinajstić information content (AvgIpc) is 2.92. The van der Waals surface area contributed by atoms with Crippen molar-refractivity contribution in [3.05, 3.63) is 40.4 Å². The van der Waals surface area contributed by atoms with Crippen LogP contribution in [0.15, 0.2) is 23.6 Å². The Labute approximate surface area is 109 Å². The van der Waals surface area contributed by atoms with E-state index in [2.05, 4.69) is 42.1 Å². The second kappa shape index (κ2) is 4.19. The van der Waals surface area contributed by atoms with Crippen molar-refractivity contribution in [2.45, 2.75) is 20.4 Å². The van der Waals surface area contributed by atoms with Crippen molar-refractivity contribution in [1.82, 2.24) is 14.6 Å². The third-order valence-corrected chi connectivity index (χ3v) is 3.99. The van der Waals surface area contributed by atoms with Crippen LogP contribution in [0.25, 0.3) is 16.3 Å². The fourth-order valence-electron chi connectivity index (χ4n) is 1.87. The first-order chi connectivity index (χ1) is 8.69. The summed E-state index contributed by atoms with van der Waals surface area (Å²) < 4.78 is 1.83. The van der Waals surface area contributed by atoms with Gasteiger partial charge in [-0.25, -0.2) is 4.52 Å². The van der Waals surface area contributed by atoms with Crippen LogP contribution in [-0.2, 0) is 6.54 Å². The smallest absolute Gasteiger partial charge is 0.212 e. The van der Waals surface area contributed by atoms with E-state index in [0.717, 1.165) is 22.0 Å². The Hall–Kier alpha value is -1.72. The molecule has 0 bridgehead atoms. The van der Waals surface area contributed by atoms with Gasteiger partial charge in [-0.1, -0.05) is 12.1 Å². The van der Waals surface area contributed by atoms with Crippen molar-refractivity contribution in [3.8, 4) is 11.4 Å². The number of rotatable bonds is 2. The predicted octanol–water partition coefficient (Wildman–Crippen LogP) is 2.53. The van der Waals surface area contributed by atoms with E-state index in [4.69, 9.17) is 5.73 Å². The Morgan fingerprint density at radius 1 is 1.28 bits per heavy atom. The van der Waals surface area contributed by atoms with Gasteiger partial charge in [-0.2, -0.15) is 4.98 Å². The molecule has 3 aromatic rings.